The lowest BCUT2D eigenvalue weighted by atomic mass is 9.85. The molecule has 1 saturated carbocycles. The lowest BCUT2D eigenvalue weighted by Crippen LogP contribution is -2.34. The van der Waals surface area contributed by atoms with E-state index in [1.807, 2.05) is 0 Å². The van der Waals surface area contributed by atoms with Gasteiger partial charge in [-0.05, 0) is 47.3 Å². The van der Waals surface area contributed by atoms with Crippen molar-refractivity contribution in [1.29, 1.82) is 0 Å². The van der Waals surface area contributed by atoms with Crippen LogP contribution in [0.4, 0.5) is 4.39 Å². The van der Waals surface area contributed by atoms with Crippen LogP contribution in [0.2, 0.25) is 0 Å². The van der Waals surface area contributed by atoms with E-state index in [0.717, 1.165) is 25.7 Å². The average Bonchev–Trinajstić information content (AvgIpc) is 2.63. The van der Waals surface area contributed by atoms with E-state index >= 15 is 0 Å². The Hall–Kier alpha value is -0.610. The van der Waals surface area contributed by atoms with Gasteiger partial charge in [0.1, 0.15) is 11.6 Å². The van der Waals surface area contributed by atoms with E-state index in [9.17, 15) is 9.50 Å². The minimum Gasteiger partial charge on any atom is -0.506 e. The van der Waals surface area contributed by atoms with Gasteiger partial charge in [0, 0.05) is 11.1 Å². The van der Waals surface area contributed by atoms with Crippen molar-refractivity contribution in [3.8, 4) is 5.75 Å². The second-order valence-corrected chi connectivity index (χ2v) is 5.41. The molecule has 1 aliphatic rings. The molecule has 4 heteroatoms. The van der Waals surface area contributed by atoms with Crippen LogP contribution in [0.1, 0.15) is 36.8 Å². The van der Waals surface area contributed by atoms with Crippen LogP contribution < -0.4 is 5.73 Å². The fraction of sp³-hybridized carbons (Fsp3) is 0.500. The number of rotatable bonds is 1. The molecule has 0 spiro atoms. The third-order valence-corrected chi connectivity index (χ3v) is 4.05. The highest BCUT2D eigenvalue weighted by atomic mass is 79.9. The van der Waals surface area contributed by atoms with Gasteiger partial charge in [0.2, 0.25) is 0 Å². The summed E-state index contributed by atoms with van der Waals surface area (Å²) in [5.41, 5.74) is 6.73. The van der Waals surface area contributed by atoms with Crippen LogP contribution in [0.25, 0.3) is 0 Å². The number of nitrogens with two attached hydrogens (primary N) is 1. The molecule has 88 valence electrons. The highest BCUT2D eigenvalue weighted by molar-refractivity contribution is 9.10. The number of phenols is 1. The van der Waals surface area contributed by atoms with Crippen molar-refractivity contribution in [3.63, 3.8) is 0 Å². The largest absolute Gasteiger partial charge is 0.506 e. The molecule has 16 heavy (non-hydrogen) atoms. The maximum Gasteiger partial charge on any atom is 0.135 e. The zero-order valence-corrected chi connectivity index (χ0v) is 10.8. The summed E-state index contributed by atoms with van der Waals surface area (Å²) in [7, 11) is 0. The monoisotopic (exact) mass is 287 g/mol. The Labute approximate surface area is 103 Å². The molecule has 1 aromatic carbocycles. The number of hydrogen-bond acceptors (Lipinski definition) is 2. The van der Waals surface area contributed by atoms with Crippen LogP contribution in [0, 0.1) is 12.7 Å². The molecule has 0 saturated heterocycles. The molecular weight excluding hydrogens is 273 g/mol. The Morgan fingerprint density at radius 3 is 2.56 bits per heavy atom. The van der Waals surface area contributed by atoms with E-state index in [1.54, 1.807) is 6.92 Å². The first kappa shape index (κ1) is 11.9. The molecule has 0 heterocycles. The summed E-state index contributed by atoms with van der Waals surface area (Å²) in [6.45, 7) is 1.67. The molecular formula is C12H15BrFNO. The van der Waals surface area contributed by atoms with Crippen LogP contribution >= 0.6 is 15.9 Å². The van der Waals surface area contributed by atoms with Crippen molar-refractivity contribution in [2.24, 2.45) is 5.73 Å². The van der Waals surface area contributed by atoms with Crippen molar-refractivity contribution in [3.05, 3.63) is 27.5 Å². The van der Waals surface area contributed by atoms with Gasteiger partial charge in [-0.2, -0.15) is 0 Å². The molecule has 2 nitrogen and oxygen atoms in total. The zero-order valence-electron chi connectivity index (χ0n) is 9.19. The van der Waals surface area contributed by atoms with Gasteiger partial charge >= 0.3 is 0 Å². The topological polar surface area (TPSA) is 46.2 Å². The maximum atomic E-state index is 13.6. The Morgan fingerprint density at radius 1 is 1.44 bits per heavy atom. The summed E-state index contributed by atoms with van der Waals surface area (Å²) in [5, 5.41) is 10.0. The van der Waals surface area contributed by atoms with Crippen LogP contribution in [-0.4, -0.2) is 5.11 Å². The lowest BCUT2D eigenvalue weighted by Gasteiger charge is -2.27. The second kappa shape index (κ2) is 4.00. The fourth-order valence-electron chi connectivity index (χ4n) is 2.57. The van der Waals surface area contributed by atoms with Gasteiger partial charge in [0.25, 0.3) is 0 Å². The summed E-state index contributed by atoms with van der Waals surface area (Å²) in [4.78, 5) is 0. The summed E-state index contributed by atoms with van der Waals surface area (Å²) in [6.07, 6.45) is 3.67. The summed E-state index contributed by atoms with van der Waals surface area (Å²) >= 11 is 3.16. The fourth-order valence-corrected chi connectivity index (χ4v) is 2.97. The third-order valence-electron chi connectivity index (χ3n) is 3.44. The van der Waals surface area contributed by atoms with Gasteiger partial charge in [-0.25, -0.2) is 4.39 Å². The lowest BCUT2D eigenvalue weighted by molar-refractivity contribution is 0.400. The number of halogens is 2. The Kier molecular flexibility index (Phi) is 2.97. The number of hydrogen-bond donors (Lipinski definition) is 2. The molecule has 3 N–H and O–H groups in total. The molecule has 0 unspecified atom stereocenters. The smallest absolute Gasteiger partial charge is 0.135 e. The predicted octanol–water partition coefficient (Wildman–Crippen LogP) is 3.33. The Bertz CT molecular complexity index is 401. The molecule has 0 aliphatic heterocycles. The van der Waals surface area contributed by atoms with Gasteiger partial charge in [0.15, 0.2) is 0 Å². The van der Waals surface area contributed by atoms with E-state index in [1.165, 1.54) is 6.07 Å². The zero-order chi connectivity index (χ0) is 11.9. The van der Waals surface area contributed by atoms with Crippen LogP contribution in [0.15, 0.2) is 10.5 Å². The van der Waals surface area contributed by atoms with Crippen molar-refractivity contribution in [2.75, 3.05) is 0 Å². The van der Waals surface area contributed by atoms with Crippen molar-refractivity contribution < 1.29 is 9.50 Å². The SMILES string of the molecule is Cc1c(F)cc(Br)c(O)c1C1(N)CCCC1. The van der Waals surface area contributed by atoms with Crippen molar-refractivity contribution in [2.45, 2.75) is 38.1 Å². The van der Waals surface area contributed by atoms with Gasteiger partial charge < -0.3 is 10.8 Å². The molecule has 1 fully saturated rings. The first-order valence-corrected chi connectivity index (χ1v) is 6.22. The predicted molar refractivity (Wildman–Crippen MR) is 64.8 cm³/mol. The number of phenolic OH excluding ortho intramolecular Hbond substituents is 1. The number of benzene rings is 1. The average molecular weight is 288 g/mol. The minimum absolute atomic E-state index is 0.0864. The number of aromatic hydroxyl groups is 1. The quantitative estimate of drug-likeness (QED) is 0.832. The molecule has 1 aromatic rings. The van der Waals surface area contributed by atoms with Gasteiger partial charge in [0.05, 0.1) is 4.47 Å². The Morgan fingerprint density at radius 2 is 2.00 bits per heavy atom. The van der Waals surface area contributed by atoms with Gasteiger partial charge in [-0.3, -0.25) is 0 Å². The van der Waals surface area contributed by atoms with E-state index in [2.05, 4.69) is 15.9 Å². The first-order valence-electron chi connectivity index (χ1n) is 5.42. The molecule has 1 aliphatic carbocycles. The second-order valence-electron chi connectivity index (χ2n) is 4.55. The van der Waals surface area contributed by atoms with Crippen LogP contribution in [-0.2, 0) is 5.54 Å². The minimum atomic E-state index is -0.571. The van der Waals surface area contributed by atoms with E-state index in [-0.39, 0.29) is 11.6 Å². The molecule has 0 radical (unpaired) electrons. The van der Waals surface area contributed by atoms with E-state index in [0.29, 0.717) is 15.6 Å². The van der Waals surface area contributed by atoms with Crippen LogP contribution in [0.5, 0.6) is 5.75 Å². The van der Waals surface area contributed by atoms with E-state index < -0.39 is 5.54 Å². The first-order chi connectivity index (χ1) is 7.46. The highest BCUT2D eigenvalue weighted by Gasteiger charge is 2.36. The third kappa shape index (κ3) is 1.74. The molecule has 2 rings (SSSR count). The maximum absolute atomic E-state index is 13.6. The van der Waals surface area contributed by atoms with Crippen molar-refractivity contribution >= 4 is 15.9 Å². The molecule has 0 atom stereocenters. The Balaban J connectivity index is 2.63. The molecule has 0 amide bonds. The molecule has 0 aromatic heterocycles. The van der Waals surface area contributed by atoms with Crippen molar-refractivity contribution in [1.82, 2.24) is 0 Å². The molecule has 0 bridgehead atoms. The van der Waals surface area contributed by atoms with E-state index in [4.69, 9.17) is 5.73 Å². The van der Waals surface area contributed by atoms with Gasteiger partial charge in [-0.1, -0.05) is 12.8 Å². The summed E-state index contributed by atoms with van der Waals surface area (Å²) < 4.78 is 14.0. The summed E-state index contributed by atoms with van der Waals surface area (Å²) in [6, 6.07) is 1.28. The van der Waals surface area contributed by atoms with Crippen LogP contribution in [0.3, 0.4) is 0 Å². The normalized spacial score (nSPS) is 19.0. The summed E-state index contributed by atoms with van der Waals surface area (Å²) in [5.74, 6) is -0.236. The van der Waals surface area contributed by atoms with Gasteiger partial charge in [-0.15, -0.1) is 0 Å². The standard InChI is InChI=1S/C12H15BrFNO/c1-7-9(14)6-8(13)11(16)10(7)12(15)4-2-3-5-12/h6,16H,2-5,15H2,1H3. The highest BCUT2D eigenvalue weighted by Crippen LogP contribution is 2.45.